The molecule has 1 atom stereocenters. The fourth-order valence-electron chi connectivity index (χ4n) is 3.60. The van der Waals surface area contributed by atoms with Crippen LogP contribution in [0.25, 0.3) is 0 Å². The summed E-state index contributed by atoms with van der Waals surface area (Å²) in [7, 11) is 1.42. The van der Waals surface area contributed by atoms with Gasteiger partial charge in [0, 0.05) is 25.7 Å². The van der Waals surface area contributed by atoms with Crippen molar-refractivity contribution in [3.8, 4) is 5.75 Å². The molecule has 2 aliphatic rings. The van der Waals surface area contributed by atoms with E-state index in [1.165, 1.54) is 7.11 Å². The molecule has 166 valence electrons. The number of amides is 1. The number of rotatable bonds is 7. The Bertz CT molecular complexity index is 820. The molecule has 3 rings (SSSR count). The van der Waals surface area contributed by atoms with E-state index in [0.717, 1.165) is 25.3 Å². The maximum Gasteiger partial charge on any atom is 0.407 e. The molecule has 1 heterocycles. The molecule has 1 saturated carbocycles. The molecule has 8 nitrogen and oxygen atoms in total. The van der Waals surface area contributed by atoms with Gasteiger partial charge in [0.1, 0.15) is 11.3 Å². The van der Waals surface area contributed by atoms with E-state index in [4.69, 9.17) is 9.47 Å². The van der Waals surface area contributed by atoms with Crippen molar-refractivity contribution in [2.45, 2.75) is 51.7 Å². The number of anilines is 2. The Morgan fingerprint density at radius 1 is 1.30 bits per heavy atom. The first-order valence-electron chi connectivity index (χ1n) is 10.2. The minimum atomic E-state index is -1.21. The topological polar surface area (TPSA) is 100 Å². The quantitative estimate of drug-likeness (QED) is 0.618. The van der Waals surface area contributed by atoms with Crippen LogP contribution in [0.1, 0.15) is 50.4 Å². The van der Waals surface area contributed by atoms with Crippen LogP contribution in [0.2, 0.25) is 0 Å². The number of aromatic carboxylic acids is 1. The van der Waals surface area contributed by atoms with Gasteiger partial charge >= 0.3 is 12.1 Å². The number of benzene rings is 1. The third-order valence-corrected chi connectivity index (χ3v) is 5.11. The summed E-state index contributed by atoms with van der Waals surface area (Å²) in [5.74, 6) is -1.52. The Morgan fingerprint density at radius 2 is 2.00 bits per heavy atom. The number of carboxylic acids is 1. The van der Waals surface area contributed by atoms with E-state index in [1.54, 1.807) is 20.8 Å². The normalized spacial score (nSPS) is 18.8. The molecule has 1 saturated heterocycles. The van der Waals surface area contributed by atoms with Crippen LogP contribution in [0.3, 0.4) is 0 Å². The van der Waals surface area contributed by atoms with Gasteiger partial charge in [0.05, 0.1) is 18.4 Å². The minimum Gasteiger partial charge on any atom is -0.492 e. The van der Waals surface area contributed by atoms with Gasteiger partial charge in [-0.3, -0.25) is 0 Å². The van der Waals surface area contributed by atoms with Crippen molar-refractivity contribution in [3.63, 3.8) is 0 Å². The summed E-state index contributed by atoms with van der Waals surface area (Å²) < 4.78 is 25.7. The number of hydrogen-bond acceptors (Lipinski definition) is 6. The third kappa shape index (κ3) is 5.25. The zero-order valence-corrected chi connectivity index (χ0v) is 17.9. The molecule has 1 aliphatic heterocycles. The Hall–Kier alpha value is -2.71. The predicted molar refractivity (Wildman–Crippen MR) is 111 cm³/mol. The minimum absolute atomic E-state index is 0.112. The van der Waals surface area contributed by atoms with E-state index in [-0.39, 0.29) is 29.0 Å². The number of nitrogens with zero attached hydrogens (tertiary/aromatic N) is 1. The van der Waals surface area contributed by atoms with Crippen LogP contribution in [0.4, 0.5) is 20.6 Å². The van der Waals surface area contributed by atoms with Crippen molar-refractivity contribution in [1.29, 1.82) is 0 Å². The first-order chi connectivity index (χ1) is 14.1. The van der Waals surface area contributed by atoms with Gasteiger partial charge < -0.3 is 30.1 Å². The van der Waals surface area contributed by atoms with E-state index in [1.807, 2.05) is 4.90 Å². The molecule has 0 bridgehead atoms. The van der Waals surface area contributed by atoms with E-state index in [9.17, 15) is 19.1 Å². The Labute approximate surface area is 175 Å². The second-order valence-corrected chi connectivity index (χ2v) is 8.87. The number of ether oxygens (including phenoxy) is 2. The predicted octanol–water partition coefficient (Wildman–Crippen LogP) is 3.46. The molecular weight excluding hydrogens is 393 g/mol. The number of methoxy groups -OCH3 is 1. The highest BCUT2D eigenvalue weighted by molar-refractivity contribution is 5.98. The number of hydrogen-bond donors (Lipinski definition) is 3. The summed E-state index contributed by atoms with van der Waals surface area (Å²) in [5.41, 5.74) is -0.133. The van der Waals surface area contributed by atoms with E-state index in [0.29, 0.717) is 25.3 Å². The number of carbonyl (C=O) groups excluding carboxylic acids is 1. The second-order valence-electron chi connectivity index (χ2n) is 8.87. The van der Waals surface area contributed by atoms with Crippen molar-refractivity contribution < 1.29 is 28.6 Å². The number of halogens is 1. The molecule has 1 unspecified atom stereocenters. The van der Waals surface area contributed by atoms with Crippen molar-refractivity contribution in [3.05, 3.63) is 17.4 Å². The van der Waals surface area contributed by atoms with Gasteiger partial charge in [-0.25, -0.2) is 14.0 Å². The smallest absolute Gasteiger partial charge is 0.407 e. The van der Waals surface area contributed by atoms with Crippen molar-refractivity contribution in [1.82, 2.24) is 5.32 Å². The summed E-state index contributed by atoms with van der Waals surface area (Å²) in [6.07, 6.45) is 2.16. The summed E-state index contributed by atoms with van der Waals surface area (Å²) in [4.78, 5) is 25.4. The van der Waals surface area contributed by atoms with Gasteiger partial charge in [0.2, 0.25) is 0 Å². The Balaban J connectivity index is 1.75. The van der Waals surface area contributed by atoms with Gasteiger partial charge in [0.15, 0.2) is 11.6 Å². The summed E-state index contributed by atoms with van der Waals surface area (Å²) >= 11 is 0. The molecule has 9 heteroatoms. The Morgan fingerprint density at radius 3 is 2.57 bits per heavy atom. The maximum atomic E-state index is 15.0. The molecule has 1 aromatic carbocycles. The van der Waals surface area contributed by atoms with Crippen LogP contribution in [0.5, 0.6) is 5.75 Å². The summed E-state index contributed by atoms with van der Waals surface area (Å²) in [6.45, 7) is 6.89. The number of nitrogens with one attached hydrogen (secondary N) is 2. The lowest BCUT2D eigenvalue weighted by Crippen LogP contribution is -2.36. The lowest BCUT2D eigenvalue weighted by Gasteiger charge is -2.25. The van der Waals surface area contributed by atoms with Crippen molar-refractivity contribution in [2.75, 3.05) is 37.0 Å². The third-order valence-electron chi connectivity index (χ3n) is 5.11. The zero-order chi connectivity index (χ0) is 22.1. The lowest BCUT2D eigenvalue weighted by atomic mass is 10.1. The van der Waals surface area contributed by atoms with Gasteiger partial charge in [-0.05, 0) is 52.0 Å². The summed E-state index contributed by atoms with van der Waals surface area (Å²) in [5, 5.41) is 15.5. The average molecular weight is 423 g/mol. The van der Waals surface area contributed by atoms with Crippen molar-refractivity contribution >= 4 is 23.4 Å². The fraction of sp³-hybridized carbons (Fsp3) is 0.619. The van der Waals surface area contributed by atoms with Crippen LogP contribution in [0.15, 0.2) is 6.07 Å². The van der Waals surface area contributed by atoms with Crippen molar-refractivity contribution in [2.24, 2.45) is 5.92 Å². The van der Waals surface area contributed by atoms with Crippen LogP contribution >= 0.6 is 0 Å². The highest BCUT2D eigenvalue weighted by atomic mass is 19.1. The highest BCUT2D eigenvalue weighted by Crippen LogP contribution is 2.44. The second kappa shape index (κ2) is 8.57. The standard InChI is InChI=1S/C21H30FN3O5/c1-21(2,3)30-20(28)23-10-12-7-8-25(11-12)17-15(22)9-14(19(26)27)16(18(17)29-4)24-13-5-6-13/h9,12-13,24H,5-8,10-11H2,1-4H3,(H,23,28)(H,26,27). The van der Waals surface area contributed by atoms with E-state index < -0.39 is 23.5 Å². The van der Waals surface area contributed by atoms with Crippen LogP contribution in [-0.4, -0.2) is 55.6 Å². The van der Waals surface area contributed by atoms with Crippen LogP contribution < -0.4 is 20.3 Å². The number of carboxylic acid groups (broad SMARTS) is 1. The summed E-state index contributed by atoms with van der Waals surface area (Å²) in [6, 6.07) is 1.23. The number of carbonyl (C=O) groups is 2. The molecule has 3 N–H and O–H groups in total. The number of alkyl carbamates (subject to hydrolysis) is 1. The van der Waals surface area contributed by atoms with Crippen LogP contribution in [-0.2, 0) is 4.74 Å². The lowest BCUT2D eigenvalue weighted by molar-refractivity contribution is 0.0520. The molecule has 0 spiro atoms. The van der Waals surface area contributed by atoms with E-state index in [2.05, 4.69) is 10.6 Å². The zero-order valence-electron chi connectivity index (χ0n) is 17.9. The SMILES string of the molecule is COc1c(NC2CC2)c(C(=O)O)cc(F)c1N1CCC(CNC(=O)OC(C)(C)C)C1. The molecule has 0 radical (unpaired) electrons. The highest BCUT2D eigenvalue weighted by Gasteiger charge is 2.33. The van der Waals surface area contributed by atoms with Gasteiger partial charge in [-0.1, -0.05) is 0 Å². The average Bonchev–Trinajstić information content (AvgIpc) is 3.34. The van der Waals surface area contributed by atoms with Crippen LogP contribution in [0, 0.1) is 11.7 Å². The monoisotopic (exact) mass is 423 g/mol. The Kier molecular flexibility index (Phi) is 6.28. The molecule has 1 amide bonds. The van der Waals surface area contributed by atoms with E-state index >= 15 is 0 Å². The fourth-order valence-corrected chi connectivity index (χ4v) is 3.60. The largest absolute Gasteiger partial charge is 0.492 e. The molecular formula is C21H30FN3O5. The molecule has 2 fully saturated rings. The van der Waals surface area contributed by atoms with Gasteiger partial charge in [-0.15, -0.1) is 0 Å². The molecule has 30 heavy (non-hydrogen) atoms. The molecule has 0 aromatic heterocycles. The van der Waals surface area contributed by atoms with Gasteiger partial charge in [0.25, 0.3) is 0 Å². The molecule has 1 aliphatic carbocycles. The molecule has 1 aromatic rings. The first-order valence-corrected chi connectivity index (χ1v) is 10.2. The maximum absolute atomic E-state index is 15.0. The first kappa shape index (κ1) is 22.0. The van der Waals surface area contributed by atoms with Gasteiger partial charge in [-0.2, -0.15) is 0 Å².